The maximum absolute atomic E-state index is 13.8. The van der Waals surface area contributed by atoms with Gasteiger partial charge >= 0.3 is 0 Å². The Balaban J connectivity index is 2.42. The largest absolute Gasteiger partial charge is 0.493 e. The topological polar surface area (TPSA) is 81.8 Å². The molecule has 0 aromatic heterocycles. The molecule has 0 fully saturated rings. The summed E-state index contributed by atoms with van der Waals surface area (Å²) in [6.07, 6.45) is 0. The predicted molar refractivity (Wildman–Crippen MR) is 72.0 cm³/mol. The summed E-state index contributed by atoms with van der Waals surface area (Å²) in [5.41, 5.74) is 0.0884. The van der Waals surface area contributed by atoms with Gasteiger partial charge in [-0.05, 0) is 12.1 Å². The summed E-state index contributed by atoms with van der Waals surface area (Å²) in [7, 11) is 1.32. The van der Waals surface area contributed by atoms with Crippen molar-refractivity contribution >= 4 is 5.69 Å². The van der Waals surface area contributed by atoms with Crippen LogP contribution in [0.2, 0.25) is 0 Å². The highest BCUT2D eigenvalue weighted by molar-refractivity contribution is 5.51. The fourth-order valence-electron chi connectivity index (χ4n) is 1.76. The highest BCUT2D eigenvalue weighted by atomic mass is 19.1. The summed E-state index contributed by atoms with van der Waals surface area (Å²) in [6.45, 7) is -0.400. The van der Waals surface area contributed by atoms with Gasteiger partial charge in [0, 0.05) is 11.6 Å². The van der Waals surface area contributed by atoms with Crippen molar-refractivity contribution in [3.8, 4) is 17.2 Å². The summed E-state index contributed by atoms with van der Waals surface area (Å²) in [4.78, 5) is 10.1. The smallest absolute Gasteiger partial charge is 0.273 e. The van der Waals surface area contributed by atoms with E-state index in [0.29, 0.717) is 0 Å². The molecule has 0 aliphatic heterocycles. The summed E-state index contributed by atoms with van der Waals surface area (Å²) in [5, 5.41) is 19.9. The van der Waals surface area contributed by atoms with E-state index in [0.717, 1.165) is 0 Å². The Morgan fingerprint density at radius 1 is 1.29 bits per heavy atom. The van der Waals surface area contributed by atoms with E-state index in [1.165, 1.54) is 43.5 Å². The minimum absolute atomic E-state index is 0.0938. The van der Waals surface area contributed by atoms with Crippen LogP contribution in [0.3, 0.4) is 0 Å². The van der Waals surface area contributed by atoms with Gasteiger partial charge in [-0.25, -0.2) is 4.39 Å². The molecular formula is C14H12FNO5. The number of para-hydroxylation sites is 1. The minimum atomic E-state index is -0.651. The van der Waals surface area contributed by atoms with E-state index >= 15 is 0 Å². The molecule has 0 saturated heterocycles. The van der Waals surface area contributed by atoms with Gasteiger partial charge in [-0.2, -0.15) is 0 Å². The molecule has 0 heterocycles. The quantitative estimate of drug-likeness (QED) is 0.677. The lowest BCUT2D eigenvalue weighted by atomic mass is 10.2. The Kier molecular flexibility index (Phi) is 4.34. The number of benzene rings is 2. The van der Waals surface area contributed by atoms with Crippen molar-refractivity contribution in [2.45, 2.75) is 6.61 Å². The standard InChI is InChI=1S/C14H12FNO5/c1-20-13-7-10(16(18)19)5-6-12(13)21-14-9(8-17)3-2-4-11(14)15/h2-7,17H,8H2,1H3. The third-order valence-corrected chi connectivity index (χ3v) is 2.79. The van der Waals surface area contributed by atoms with Crippen LogP contribution in [-0.4, -0.2) is 17.1 Å². The van der Waals surface area contributed by atoms with Crippen LogP contribution in [-0.2, 0) is 6.61 Å². The van der Waals surface area contributed by atoms with E-state index < -0.39 is 17.3 Å². The number of aliphatic hydroxyl groups excluding tert-OH is 1. The Hall–Kier alpha value is -2.67. The van der Waals surface area contributed by atoms with Crippen molar-refractivity contribution in [2.24, 2.45) is 0 Å². The summed E-state index contributed by atoms with van der Waals surface area (Å²) in [5.74, 6) is -0.589. The first-order valence-corrected chi connectivity index (χ1v) is 5.95. The molecule has 0 spiro atoms. The lowest BCUT2D eigenvalue weighted by Gasteiger charge is -2.13. The highest BCUT2D eigenvalue weighted by Gasteiger charge is 2.16. The first kappa shape index (κ1) is 14.7. The Morgan fingerprint density at radius 3 is 2.67 bits per heavy atom. The minimum Gasteiger partial charge on any atom is -0.493 e. The molecule has 21 heavy (non-hydrogen) atoms. The van der Waals surface area contributed by atoms with Crippen LogP contribution in [0.25, 0.3) is 0 Å². The molecule has 0 aliphatic rings. The molecule has 0 bridgehead atoms. The number of nitro benzene ring substituents is 1. The first-order valence-electron chi connectivity index (χ1n) is 5.95. The van der Waals surface area contributed by atoms with E-state index in [9.17, 15) is 19.6 Å². The second-order valence-corrected chi connectivity index (χ2v) is 4.08. The molecule has 0 radical (unpaired) electrons. The van der Waals surface area contributed by atoms with E-state index in [-0.39, 0.29) is 28.5 Å². The number of methoxy groups -OCH3 is 1. The number of hydrogen-bond donors (Lipinski definition) is 1. The molecule has 7 heteroatoms. The molecule has 0 saturated carbocycles. The van der Waals surface area contributed by atoms with Gasteiger partial charge in [-0.3, -0.25) is 10.1 Å². The van der Waals surface area contributed by atoms with Crippen LogP contribution < -0.4 is 9.47 Å². The molecule has 2 aromatic rings. The van der Waals surface area contributed by atoms with Crippen molar-refractivity contribution in [2.75, 3.05) is 7.11 Å². The second kappa shape index (κ2) is 6.19. The van der Waals surface area contributed by atoms with E-state index in [2.05, 4.69) is 0 Å². The number of hydrogen-bond acceptors (Lipinski definition) is 5. The average Bonchev–Trinajstić information content (AvgIpc) is 2.49. The zero-order valence-electron chi connectivity index (χ0n) is 11.1. The lowest BCUT2D eigenvalue weighted by Crippen LogP contribution is -1.98. The van der Waals surface area contributed by atoms with Gasteiger partial charge in [0.05, 0.1) is 24.7 Å². The van der Waals surface area contributed by atoms with Crippen LogP contribution in [0.15, 0.2) is 36.4 Å². The number of halogens is 1. The summed E-state index contributed by atoms with van der Waals surface area (Å²) in [6, 6.07) is 7.85. The van der Waals surface area contributed by atoms with Crippen molar-refractivity contribution in [1.82, 2.24) is 0 Å². The number of nitro groups is 1. The fourth-order valence-corrected chi connectivity index (χ4v) is 1.76. The van der Waals surface area contributed by atoms with Gasteiger partial charge in [-0.15, -0.1) is 0 Å². The van der Waals surface area contributed by atoms with Gasteiger partial charge < -0.3 is 14.6 Å². The van der Waals surface area contributed by atoms with Gasteiger partial charge in [0.1, 0.15) is 0 Å². The zero-order valence-corrected chi connectivity index (χ0v) is 11.1. The van der Waals surface area contributed by atoms with Crippen LogP contribution in [0.5, 0.6) is 17.2 Å². The number of non-ortho nitro benzene ring substituents is 1. The second-order valence-electron chi connectivity index (χ2n) is 4.08. The van der Waals surface area contributed by atoms with Gasteiger partial charge in [-0.1, -0.05) is 12.1 Å². The summed E-state index contributed by atoms with van der Waals surface area (Å²) < 4.78 is 24.2. The number of aliphatic hydroxyl groups is 1. The fraction of sp³-hybridized carbons (Fsp3) is 0.143. The van der Waals surface area contributed by atoms with Gasteiger partial charge in [0.25, 0.3) is 5.69 Å². The molecule has 0 unspecified atom stereocenters. The van der Waals surface area contributed by atoms with Crippen molar-refractivity contribution in [1.29, 1.82) is 0 Å². The molecule has 1 N–H and O–H groups in total. The molecule has 6 nitrogen and oxygen atoms in total. The molecule has 0 aliphatic carbocycles. The maximum atomic E-state index is 13.8. The van der Waals surface area contributed by atoms with Crippen LogP contribution in [0.1, 0.15) is 5.56 Å². The number of nitrogens with zero attached hydrogens (tertiary/aromatic N) is 1. The Bertz CT molecular complexity index is 674. The molecule has 0 amide bonds. The van der Waals surface area contributed by atoms with Crippen molar-refractivity contribution in [3.63, 3.8) is 0 Å². The normalized spacial score (nSPS) is 10.2. The van der Waals surface area contributed by atoms with Crippen LogP contribution in [0.4, 0.5) is 10.1 Å². The SMILES string of the molecule is COc1cc([N+](=O)[O-])ccc1Oc1c(F)cccc1CO. The average molecular weight is 293 g/mol. The van der Waals surface area contributed by atoms with Crippen molar-refractivity contribution < 1.29 is 23.9 Å². The van der Waals surface area contributed by atoms with Crippen LogP contribution >= 0.6 is 0 Å². The third kappa shape index (κ3) is 3.09. The maximum Gasteiger partial charge on any atom is 0.273 e. The third-order valence-electron chi connectivity index (χ3n) is 2.79. The molecule has 0 atom stereocenters. The van der Waals surface area contributed by atoms with Crippen molar-refractivity contribution in [3.05, 3.63) is 57.9 Å². The Morgan fingerprint density at radius 2 is 2.05 bits per heavy atom. The highest BCUT2D eigenvalue weighted by Crippen LogP contribution is 2.36. The van der Waals surface area contributed by atoms with E-state index in [4.69, 9.17) is 9.47 Å². The number of rotatable bonds is 5. The monoisotopic (exact) mass is 293 g/mol. The Labute approximate surface area is 119 Å². The lowest BCUT2D eigenvalue weighted by molar-refractivity contribution is -0.384. The molecule has 110 valence electrons. The van der Waals surface area contributed by atoms with E-state index in [1.807, 2.05) is 0 Å². The zero-order chi connectivity index (χ0) is 15.4. The van der Waals surface area contributed by atoms with E-state index in [1.54, 1.807) is 0 Å². The first-order chi connectivity index (χ1) is 10.1. The number of ether oxygens (including phenoxy) is 2. The van der Waals surface area contributed by atoms with Crippen LogP contribution in [0, 0.1) is 15.9 Å². The van der Waals surface area contributed by atoms with Gasteiger partial charge in [0.2, 0.25) is 0 Å². The molecule has 2 rings (SSSR count). The molecule has 2 aromatic carbocycles. The molecular weight excluding hydrogens is 281 g/mol. The van der Waals surface area contributed by atoms with Gasteiger partial charge in [0.15, 0.2) is 23.1 Å². The predicted octanol–water partition coefficient (Wildman–Crippen LogP) is 3.03. The summed E-state index contributed by atoms with van der Waals surface area (Å²) >= 11 is 0.